The van der Waals surface area contributed by atoms with E-state index in [1.165, 1.54) is 5.56 Å². The molecule has 4 heteroatoms. The first kappa shape index (κ1) is 15.6. The van der Waals surface area contributed by atoms with Gasteiger partial charge in [-0.15, -0.1) is 0 Å². The summed E-state index contributed by atoms with van der Waals surface area (Å²) in [5, 5.41) is 0. The van der Waals surface area contributed by atoms with Gasteiger partial charge in [0.15, 0.2) is 0 Å². The molecule has 0 atom stereocenters. The van der Waals surface area contributed by atoms with Gasteiger partial charge in [0.05, 0.1) is 0 Å². The molecular weight excluding hydrogens is 286 g/mol. The lowest BCUT2D eigenvalue weighted by Gasteiger charge is -2.36. The summed E-state index contributed by atoms with van der Waals surface area (Å²) in [5.41, 5.74) is 2.26. The summed E-state index contributed by atoms with van der Waals surface area (Å²) < 4.78 is 0. The minimum Gasteiger partial charge on any atom is -0.322 e. The molecule has 2 amide bonds. The Bertz CT molecular complexity index is 622. The number of carbonyl (C=O) groups excluding carboxylic acids is 1. The molecule has 4 nitrogen and oxygen atoms in total. The van der Waals surface area contributed by atoms with E-state index in [2.05, 4.69) is 29.2 Å². The molecule has 3 rings (SSSR count). The zero-order chi connectivity index (χ0) is 16.1. The molecule has 23 heavy (non-hydrogen) atoms. The standard InChI is InChI=1S/C19H23N3O/c1-20(18-10-6-3-7-11-18)19(23)22-14-12-21(13-15-22)16-17-8-4-2-5-9-17/h2-11H,12-16H2,1H3. The fourth-order valence-electron chi connectivity index (χ4n) is 2.91. The third-order valence-corrected chi connectivity index (χ3v) is 4.32. The van der Waals surface area contributed by atoms with E-state index in [0.29, 0.717) is 0 Å². The Hall–Kier alpha value is -2.33. The predicted octanol–water partition coefficient (Wildman–Crippen LogP) is 3.06. The molecule has 0 aliphatic carbocycles. The van der Waals surface area contributed by atoms with Crippen LogP contribution in [-0.2, 0) is 6.54 Å². The molecule has 2 aromatic rings. The molecule has 1 aliphatic heterocycles. The first-order valence-electron chi connectivity index (χ1n) is 8.08. The Morgan fingerprint density at radius 1 is 0.913 bits per heavy atom. The molecule has 1 saturated heterocycles. The van der Waals surface area contributed by atoms with E-state index in [9.17, 15) is 4.79 Å². The smallest absolute Gasteiger partial charge is 0.322 e. The van der Waals surface area contributed by atoms with Crippen LogP contribution in [0.4, 0.5) is 10.5 Å². The van der Waals surface area contributed by atoms with Crippen LogP contribution in [0.15, 0.2) is 60.7 Å². The van der Waals surface area contributed by atoms with E-state index < -0.39 is 0 Å². The van der Waals surface area contributed by atoms with E-state index in [0.717, 1.165) is 38.4 Å². The van der Waals surface area contributed by atoms with Gasteiger partial charge in [-0.1, -0.05) is 48.5 Å². The highest BCUT2D eigenvalue weighted by atomic mass is 16.2. The number of urea groups is 1. The molecule has 120 valence electrons. The van der Waals surface area contributed by atoms with Gasteiger partial charge in [-0.2, -0.15) is 0 Å². The van der Waals surface area contributed by atoms with Gasteiger partial charge in [0, 0.05) is 45.5 Å². The third kappa shape index (κ3) is 3.90. The van der Waals surface area contributed by atoms with Gasteiger partial charge in [-0.05, 0) is 17.7 Å². The first-order chi connectivity index (χ1) is 11.2. The summed E-state index contributed by atoms with van der Waals surface area (Å²) in [7, 11) is 1.84. The molecule has 0 spiro atoms. The number of anilines is 1. The highest BCUT2D eigenvalue weighted by molar-refractivity contribution is 5.91. The fraction of sp³-hybridized carbons (Fsp3) is 0.316. The Morgan fingerprint density at radius 2 is 1.48 bits per heavy atom. The van der Waals surface area contributed by atoms with E-state index in [1.54, 1.807) is 4.90 Å². The van der Waals surface area contributed by atoms with Gasteiger partial charge in [0.2, 0.25) is 0 Å². The van der Waals surface area contributed by atoms with Gasteiger partial charge in [0.1, 0.15) is 0 Å². The van der Waals surface area contributed by atoms with E-state index in [4.69, 9.17) is 0 Å². The molecule has 0 radical (unpaired) electrons. The number of amides is 2. The zero-order valence-corrected chi connectivity index (χ0v) is 13.6. The number of carbonyl (C=O) groups is 1. The normalized spacial score (nSPS) is 15.4. The first-order valence-corrected chi connectivity index (χ1v) is 8.08. The van der Waals surface area contributed by atoms with Crippen molar-refractivity contribution < 1.29 is 4.79 Å². The molecule has 2 aromatic carbocycles. The van der Waals surface area contributed by atoms with Crippen molar-refractivity contribution in [2.24, 2.45) is 0 Å². The summed E-state index contributed by atoms with van der Waals surface area (Å²) in [6, 6.07) is 20.4. The second kappa shape index (κ2) is 7.29. The molecule has 0 unspecified atom stereocenters. The Balaban J connectivity index is 1.53. The van der Waals surface area contributed by atoms with E-state index >= 15 is 0 Å². The SMILES string of the molecule is CN(C(=O)N1CCN(Cc2ccccc2)CC1)c1ccccc1. The topological polar surface area (TPSA) is 26.8 Å². The van der Waals surface area contributed by atoms with Gasteiger partial charge in [-0.25, -0.2) is 4.79 Å². The van der Waals surface area contributed by atoms with Crippen molar-refractivity contribution in [3.8, 4) is 0 Å². The van der Waals surface area contributed by atoms with Crippen molar-refractivity contribution in [2.45, 2.75) is 6.54 Å². The van der Waals surface area contributed by atoms with E-state index in [-0.39, 0.29) is 6.03 Å². The molecule has 1 fully saturated rings. The van der Waals surface area contributed by atoms with Crippen LogP contribution in [0.2, 0.25) is 0 Å². The van der Waals surface area contributed by atoms with Gasteiger partial charge in [0.25, 0.3) is 0 Å². The summed E-state index contributed by atoms with van der Waals surface area (Å²) >= 11 is 0. The molecule has 0 bridgehead atoms. The number of hydrogen-bond acceptors (Lipinski definition) is 2. The lowest BCUT2D eigenvalue weighted by Crippen LogP contribution is -2.51. The second-order valence-corrected chi connectivity index (χ2v) is 5.93. The third-order valence-electron chi connectivity index (χ3n) is 4.32. The fourth-order valence-corrected chi connectivity index (χ4v) is 2.91. The van der Waals surface area contributed by atoms with E-state index in [1.807, 2.05) is 48.3 Å². The quantitative estimate of drug-likeness (QED) is 0.871. The zero-order valence-electron chi connectivity index (χ0n) is 13.6. The van der Waals surface area contributed by atoms with Crippen LogP contribution >= 0.6 is 0 Å². The van der Waals surface area contributed by atoms with Crippen LogP contribution in [0.25, 0.3) is 0 Å². The number of rotatable bonds is 3. The maximum absolute atomic E-state index is 12.6. The molecule has 0 saturated carbocycles. The molecule has 0 aromatic heterocycles. The minimum atomic E-state index is 0.0792. The molecule has 1 aliphatic rings. The second-order valence-electron chi connectivity index (χ2n) is 5.93. The van der Waals surface area contributed by atoms with Crippen molar-refractivity contribution in [3.05, 3.63) is 66.2 Å². The maximum Gasteiger partial charge on any atom is 0.324 e. The maximum atomic E-state index is 12.6. The van der Waals surface area contributed by atoms with Gasteiger partial charge in [-0.3, -0.25) is 9.80 Å². The van der Waals surface area contributed by atoms with Crippen molar-refractivity contribution in [3.63, 3.8) is 0 Å². The summed E-state index contributed by atoms with van der Waals surface area (Å²) in [5.74, 6) is 0. The average molecular weight is 309 g/mol. The van der Waals surface area contributed by atoms with Crippen molar-refractivity contribution in [2.75, 3.05) is 38.1 Å². The molecule has 1 heterocycles. The monoisotopic (exact) mass is 309 g/mol. The van der Waals surface area contributed by atoms with Crippen molar-refractivity contribution in [1.29, 1.82) is 0 Å². The van der Waals surface area contributed by atoms with Gasteiger partial charge < -0.3 is 4.90 Å². The minimum absolute atomic E-state index is 0.0792. The predicted molar refractivity (Wildman–Crippen MR) is 93.5 cm³/mol. The van der Waals surface area contributed by atoms with Crippen molar-refractivity contribution in [1.82, 2.24) is 9.80 Å². The Morgan fingerprint density at radius 3 is 2.09 bits per heavy atom. The van der Waals surface area contributed by atoms with Crippen LogP contribution in [-0.4, -0.2) is 49.1 Å². The molecule has 0 N–H and O–H groups in total. The van der Waals surface area contributed by atoms with Crippen molar-refractivity contribution >= 4 is 11.7 Å². The number of hydrogen-bond donors (Lipinski definition) is 0. The van der Waals surface area contributed by atoms with Crippen LogP contribution in [0, 0.1) is 0 Å². The van der Waals surface area contributed by atoms with Crippen LogP contribution < -0.4 is 4.90 Å². The highest BCUT2D eigenvalue weighted by Gasteiger charge is 2.24. The summed E-state index contributed by atoms with van der Waals surface area (Å²) in [6.07, 6.45) is 0. The number of nitrogens with zero attached hydrogens (tertiary/aromatic N) is 3. The summed E-state index contributed by atoms with van der Waals surface area (Å²) in [4.78, 5) is 18.7. The molecular formula is C19H23N3O. The number of para-hydroxylation sites is 1. The van der Waals surface area contributed by atoms with Crippen LogP contribution in [0.5, 0.6) is 0 Å². The Labute approximate surface area is 137 Å². The average Bonchev–Trinajstić information content (AvgIpc) is 2.63. The number of benzene rings is 2. The lowest BCUT2D eigenvalue weighted by atomic mass is 10.2. The largest absolute Gasteiger partial charge is 0.324 e. The lowest BCUT2D eigenvalue weighted by molar-refractivity contribution is 0.140. The van der Waals surface area contributed by atoms with Gasteiger partial charge >= 0.3 is 6.03 Å². The van der Waals surface area contributed by atoms with Crippen LogP contribution in [0.3, 0.4) is 0 Å². The number of piperazine rings is 1. The Kier molecular flexibility index (Phi) is 4.93. The highest BCUT2D eigenvalue weighted by Crippen LogP contribution is 2.15. The summed E-state index contributed by atoms with van der Waals surface area (Å²) in [6.45, 7) is 4.36. The van der Waals surface area contributed by atoms with Crippen LogP contribution in [0.1, 0.15) is 5.56 Å².